The molecule has 3 aromatic rings. The van der Waals surface area contributed by atoms with Gasteiger partial charge in [0.25, 0.3) is 11.3 Å². The summed E-state index contributed by atoms with van der Waals surface area (Å²) in [4.78, 5) is 10.6. The summed E-state index contributed by atoms with van der Waals surface area (Å²) in [7, 11) is 1.40. The Hall–Kier alpha value is -1.49. The fourth-order valence-corrected chi connectivity index (χ4v) is 4.62. The van der Waals surface area contributed by atoms with Crippen molar-refractivity contribution in [1.29, 1.82) is 0 Å². The number of aromatic nitrogens is 2. The molecule has 1 aliphatic heterocycles. The predicted octanol–water partition coefficient (Wildman–Crippen LogP) is 4.26. The second kappa shape index (κ2) is 9.55. The molecule has 2 N–H and O–H groups in total. The summed E-state index contributed by atoms with van der Waals surface area (Å²) >= 11 is 0.823. The number of piperidine rings is 1. The summed E-state index contributed by atoms with van der Waals surface area (Å²) in [5.74, 6) is 1.73. The van der Waals surface area contributed by atoms with Crippen LogP contribution >= 0.6 is 22.6 Å². The molecule has 1 aromatic heterocycles. The number of rotatable bonds is 7. The van der Waals surface area contributed by atoms with E-state index < -0.39 is 11.3 Å². The first-order valence-corrected chi connectivity index (χ1v) is 11.9. The van der Waals surface area contributed by atoms with Gasteiger partial charge in [0.2, 0.25) is 0 Å². The van der Waals surface area contributed by atoms with Gasteiger partial charge >= 0.3 is 0 Å². The number of H-pyrrole nitrogens is 1. The van der Waals surface area contributed by atoms with Crippen LogP contribution in [-0.2, 0) is 28.4 Å². The van der Waals surface area contributed by atoms with Crippen LogP contribution < -0.4 is 4.72 Å². The second-order valence-corrected chi connectivity index (χ2v) is 9.72. The molecule has 0 aliphatic carbocycles. The molecule has 1 unspecified atom stereocenters. The minimum absolute atomic E-state index is 0.740. The number of nitrogens with one attached hydrogen (secondary N) is 2. The average molecular weight is 522 g/mol. The van der Waals surface area contributed by atoms with E-state index >= 15 is 0 Å². The van der Waals surface area contributed by atoms with E-state index in [9.17, 15) is 4.21 Å². The Kier molecular flexibility index (Phi) is 6.84. The first-order chi connectivity index (χ1) is 14.1. The van der Waals surface area contributed by atoms with Crippen LogP contribution in [0.3, 0.4) is 0 Å². The van der Waals surface area contributed by atoms with E-state index in [-0.39, 0.29) is 0 Å². The Bertz CT molecular complexity index is 984. The Morgan fingerprint density at radius 1 is 1.24 bits per heavy atom. The van der Waals surface area contributed by atoms with E-state index in [2.05, 4.69) is 61.5 Å². The van der Waals surface area contributed by atoms with E-state index in [1.807, 2.05) is 18.2 Å². The highest BCUT2D eigenvalue weighted by molar-refractivity contribution is 14.1. The van der Waals surface area contributed by atoms with E-state index in [4.69, 9.17) is 9.17 Å². The Labute approximate surface area is 187 Å². The van der Waals surface area contributed by atoms with Gasteiger partial charge in [-0.15, -0.1) is 0 Å². The molecule has 4 rings (SSSR count). The summed E-state index contributed by atoms with van der Waals surface area (Å²) in [6.07, 6.45) is 3.63. The largest absolute Gasteiger partial charge is 0.341 e. The van der Waals surface area contributed by atoms with Crippen molar-refractivity contribution >= 4 is 50.6 Å². The number of likely N-dealkylation sites (tertiary alicyclic amines) is 1. The summed E-state index contributed by atoms with van der Waals surface area (Å²) in [6, 6.07) is 14.6. The van der Waals surface area contributed by atoms with Gasteiger partial charge < -0.3 is 4.98 Å². The number of benzene rings is 2. The van der Waals surface area contributed by atoms with E-state index in [1.165, 1.54) is 35.5 Å². The smallest absolute Gasteiger partial charge is 0.261 e. The van der Waals surface area contributed by atoms with Crippen LogP contribution in [0.4, 0.5) is 5.69 Å². The fourth-order valence-electron chi connectivity index (χ4n) is 3.85. The van der Waals surface area contributed by atoms with Gasteiger partial charge in [0.15, 0.2) is 0 Å². The molecule has 1 atom stereocenters. The van der Waals surface area contributed by atoms with Gasteiger partial charge in [-0.1, -0.05) is 12.1 Å². The van der Waals surface area contributed by atoms with Crippen LogP contribution in [0.5, 0.6) is 0 Å². The van der Waals surface area contributed by atoms with Crippen LogP contribution in [-0.4, -0.2) is 39.3 Å². The van der Waals surface area contributed by atoms with Crippen LogP contribution in [0, 0.1) is 9.49 Å². The van der Waals surface area contributed by atoms with Crippen LogP contribution in [0.1, 0.15) is 24.2 Å². The van der Waals surface area contributed by atoms with Crippen LogP contribution in [0.15, 0.2) is 42.5 Å². The van der Waals surface area contributed by atoms with Crippen molar-refractivity contribution in [1.82, 2.24) is 14.9 Å². The Morgan fingerprint density at radius 2 is 2.00 bits per heavy atom. The third-order valence-electron chi connectivity index (χ3n) is 5.40. The number of nitrogens with zero attached hydrogens (tertiary/aromatic N) is 2. The third kappa shape index (κ3) is 5.56. The summed E-state index contributed by atoms with van der Waals surface area (Å²) in [5.41, 5.74) is 4.04. The number of imidazole rings is 1. The molecule has 8 heteroatoms. The van der Waals surface area contributed by atoms with Gasteiger partial charge in [-0.2, -0.15) is 0 Å². The SMILES string of the molecule is COS(=O)Nc1ccc2nc(CN3CCC(Cc4ccc([125I])cc4)CC3)[nH]c2c1. The van der Waals surface area contributed by atoms with Gasteiger partial charge in [0.05, 0.1) is 30.4 Å². The number of hydrogen-bond donors (Lipinski definition) is 2. The van der Waals surface area contributed by atoms with Crippen molar-refractivity contribution in [3.63, 3.8) is 0 Å². The number of fused-ring (bicyclic) bond motifs is 1. The molecule has 1 saturated heterocycles. The fraction of sp³-hybridized carbons (Fsp3) is 0.381. The molecule has 0 bridgehead atoms. The minimum Gasteiger partial charge on any atom is -0.341 e. The molecule has 2 aromatic carbocycles. The average Bonchev–Trinajstić information content (AvgIpc) is 3.12. The van der Waals surface area contributed by atoms with Crippen LogP contribution in [0.25, 0.3) is 11.0 Å². The lowest BCUT2D eigenvalue weighted by molar-refractivity contribution is 0.174. The van der Waals surface area contributed by atoms with Crippen molar-refractivity contribution < 1.29 is 8.39 Å². The number of halogens is 1. The minimum atomic E-state index is -1.53. The summed E-state index contributed by atoms with van der Waals surface area (Å²) < 4.78 is 20.3. The zero-order valence-corrected chi connectivity index (χ0v) is 19.3. The molecule has 0 saturated carbocycles. The first-order valence-electron chi connectivity index (χ1n) is 9.77. The molecule has 1 fully saturated rings. The van der Waals surface area contributed by atoms with Crippen molar-refractivity contribution in [3.8, 4) is 0 Å². The maximum absolute atomic E-state index is 11.5. The molecule has 1 aliphatic rings. The Balaban J connectivity index is 1.32. The molecular formula is C21H25IN4O2S. The number of hydrogen-bond acceptors (Lipinski definition) is 4. The lowest BCUT2D eigenvalue weighted by Crippen LogP contribution is -2.34. The van der Waals surface area contributed by atoms with Crippen molar-refractivity contribution in [3.05, 3.63) is 57.4 Å². The lowest BCUT2D eigenvalue weighted by Gasteiger charge is -2.31. The lowest BCUT2D eigenvalue weighted by atomic mass is 9.90. The van der Waals surface area contributed by atoms with Gasteiger partial charge in [-0.3, -0.25) is 13.8 Å². The topological polar surface area (TPSA) is 70.2 Å². The van der Waals surface area contributed by atoms with E-state index in [0.29, 0.717) is 0 Å². The molecule has 0 spiro atoms. The van der Waals surface area contributed by atoms with Gasteiger partial charge in [0, 0.05) is 3.57 Å². The predicted molar refractivity (Wildman–Crippen MR) is 126 cm³/mol. The van der Waals surface area contributed by atoms with Gasteiger partial charge in [-0.05, 0) is 96.8 Å². The van der Waals surface area contributed by atoms with Crippen molar-refractivity contribution in [2.24, 2.45) is 5.92 Å². The normalized spacial score (nSPS) is 16.9. The van der Waals surface area contributed by atoms with Gasteiger partial charge in [0.1, 0.15) is 5.82 Å². The van der Waals surface area contributed by atoms with Crippen molar-refractivity contribution in [2.45, 2.75) is 25.8 Å². The molecule has 2 heterocycles. The second-order valence-electron chi connectivity index (χ2n) is 7.47. The molecular weight excluding hydrogens is 497 g/mol. The molecule has 154 valence electrons. The molecule has 0 radical (unpaired) electrons. The summed E-state index contributed by atoms with van der Waals surface area (Å²) in [6.45, 7) is 3.04. The standard InChI is InChI=1S/C21H25IN4O2S/c1-28-29(27)25-18-6-7-19-20(13-18)24-21(23-19)14-26-10-8-16(9-11-26)12-15-2-4-17(22)5-3-15/h2-7,13,16,25H,8-12,14H2,1H3,(H,23,24)/i22-2. The third-order valence-corrected chi connectivity index (χ3v) is 6.83. The summed E-state index contributed by atoms with van der Waals surface area (Å²) in [5, 5.41) is 0. The zero-order chi connectivity index (χ0) is 20.2. The van der Waals surface area contributed by atoms with Gasteiger partial charge in [-0.25, -0.2) is 9.19 Å². The molecule has 0 amide bonds. The number of aromatic amines is 1. The molecule has 29 heavy (non-hydrogen) atoms. The maximum Gasteiger partial charge on any atom is 0.261 e. The monoisotopic (exact) mass is 522 g/mol. The van der Waals surface area contributed by atoms with Crippen LogP contribution in [0.2, 0.25) is 0 Å². The number of anilines is 1. The quantitative estimate of drug-likeness (QED) is 0.455. The highest BCUT2D eigenvalue weighted by Gasteiger charge is 2.20. The van der Waals surface area contributed by atoms with E-state index in [0.717, 1.165) is 48.1 Å². The van der Waals surface area contributed by atoms with E-state index in [1.54, 1.807) is 0 Å². The van der Waals surface area contributed by atoms with Crippen molar-refractivity contribution in [2.75, 3.05) is 24.9 Å². The molecule has 6 nitrogen and oxygen atoms in total. The first kappa shape index (κ1) is 20.8. The Morgan fingerprint density at radius 3 is 2.72 bits per heavy atom. The highest BCUT2D eigenvalue weighted by Crippen LogP contribution is 2.24. The zero-order valence-electron chi connectivity index (χ0n) is 16.4. The maximum atomic E-state index is 11.5. The highest BCUT2D eigenvalue weighted by atomic mass is 125.